The van der Waals surface area contributed by atoms with Crippen LogP contribution in [0.15, 0.2) is 48.5 Å². The summed E-state index contributed by atoms with van der Waals surface area (Å²) in [6, 6.07) is 14.7. The van der Waals surface area contributed by atoms with Crippen LogP contribution in [-0.4, -0.2) is 40.3 Å². The fourth-order valence-corrected chi connectivity index (χ4v) is 4.02. The predicted molar refractivity (Wildman–Crippen MR) is 117 cm³/mol. The van der Waals surface area contributed by atoms with Gasteiger partial charge in [0.2, 0.25) is 11.8 Å². The van der Waals surface area contributed by atoms with Crippen LogP contribution in [0.3, 0.4) is 0 Å². The zero-order valence-corrected chi connectivity index (χ0v) is 17.5. The van der Waals surface area contributed by atoms with Gasteiger partial charge in [0.25, 0.3) is 5.91 Å². The van der Waals surface area contributed by atoms with Crippen molar-refractivity contribution in [3.63, 3.8) is 0 Å². The molecule has 1 atom stereocenters. The van der Waals surface area contributed by atoms with Gasteiger partial charge in [-0.05, 0) is 48.5 Å². The zero-order chi connectivity index (χ0) is 21.7. The van der Waals surface area contributed by atoms with Crippen molar-refractivity contribution in [3.05, 3.63) is 59.7 Å². The Morgan fingerprint density at radius 3 is 2.23 bits per heavy atom. The van der Waals surface area contributed by atoms with Crippen LogP contribution in [-0.2, 0) is 9.59 Å². The molecule has 1 unspecified atom stereocenters. The summed E-state index contributed by atoms with van der Waals surface area (Å²) in [6.45, 7) is 3.61. The molecule has 2 aromatic rings. The molecule has 0 bridgehead atoms. The molecule has 3 rings (SSSR count). The van der Waals surface area contributed by atoms with Crippen LogP contribution in [0, 0.1) is 17.2 Å². The summed E-state index contributed by atoms with van der Waals surface area (Å²) in [4.78, 5) is 39.0. The van der Waals surface area contributed by atoms with E-state index in [0.717, 1.165) is 0 Å². The van der Waals surface area contributed by atoms with Crippen molar-refractivity contribution in [3.8, 4) is 6.07 Å². The first-order valence-electron chi connectivity index (χ1n) is 9.49. The number of carbonyl (C=O) groups is 3. The molecule has 1 aliphatic rings. The van der Waals surface area contributed by atoms with Gasteiger partial charge in [-0.1, -0.05) is 13.8 Å². The number of nitrogens with one attached hydrogen (secondary N) is 2. The summed E-state index contributed by atoms with van der Waals surface area (Å²) < 4.78 is 0. The fourth-order valence-electron chi connectivity index (χ4n) is 2.86. The van der Waals surface area contributed by atoms with E-state index in [0.29, 0.717) is 34.1 Å². The number of rotatable bonds is 5. The molecule has 1 fully saturated rings. The highest BCUT2D eigenvalue weighted by Crippen LogP contribution is 2.25. The summed E-state index contributed by atoms with van der Waals surface area (Å²) in [5, 5.41) is 14.5. The Morgan fingerprint density at radius 1 is 1.03 bits per heavy atom. The van der Waals surface area contributed by atoms with Gasteiger partial charge < -0.3 is 15.5 Å². The lowest BCUT2D eigenvalue weighted by Gasteiger charge is -2.23. The van der Waals surface area contributed by atoms with E-state index in [1.165, 1.54) is 11.8 Å². The Kier molecular flexibility index (Phi) is 6.75. The van der Waals surface area contributed by atoms with Gasteiger partial charge in [-0.3, -0.25) is 14.4 Å². The molecule has 2 aromatic carbocycles. The molecule has 0 saturated carbocycles. The number of hydrogen-bond acceptors (Lipinski definition) is 5. The molecule has 1 aliphatic heterocycles. The molecule has 0 aromatic heterocycles. The van der Waals surface area contributed by atoms with Crippen molar-refractivity contribution < 1.29 is 14.4 Å². The molecular formula is C22H22N4O3S. The molecule has 154 valence electrons. The van der Waals surface area contributed by atoms with E-state index in [4.69, 9.17) is 5.26 Å². The number of nitriles is 1. The third-order valence-corrected chi connectivity index (χ3v) is 5.66. The number of anilines is 2. The smallest absolute Gasteiger partial charge is 0.255 e. The highest BCUT2D eigenvalue weighted by molar-refractivity contribution is 7.99. The van der Waals surface area contributed by atoms with Gasteiger partial charge in [-0.2, -0.15) is 5.26 Å². The maximum atomic E-state index is 12.9. The average molecular weight is 423 g/mol. The summed E-state index contributed by atoms with van der Waals surface area (Å²) in [7, 11) is 0. The Hall–Kier alpha value is -3.31. The normalized spacial score (nSPS) is 15.5. The lowest BCUT2D eigenvalue weighted by atomic mass is 10.1. The highest BCUT2D eigenvalue weighted by atomic mass is 32.2. The van der Waals surface area contributed by atoms with Crippen molar-refractivity contribution in [2.45, 2.75) is 19.9 Å². The van der Waals surface area contributed by atoms with Crippen LogP contribution in [0.1, 0.15) is 29.8 Å². The SMILES string of the molecule is CC(C)C(=O)Nc1ccc(C(=O)N2CSCC2C(=O)Nc2ccc(C#N)cc2)cc1. The van der Waals surface area contributed by atoms with E-state index in [1.807, 2.05) is 6.07 Å². The van der Waals surface area contributed by atoms with Gasteiger partial charge >= 0.3 is 0 Å². The van der Waals surface area contributed by atoms with E-state index in [1.54, 1.807) is 67.3 Å². The molecule has 2 N–H and O–H groups in total. The molecule has 8 heteroatoms. The first-order chi connectivity index (χ1) is 14.4. The Balaban J connectivity index is 1.66. The number of thioether (sulfide) groups is 1. The van der Waals surface area contributed by atoms with Gasteiger partial charge in [0.15, 0.2) is 0 Å². The summed E-state index contributed by atoms with van der Waals surface area (Å²) in [6.07, 6.45) is 0. The van der Waals surface area contributed by atoms with Crippen LogP contribution in [0.25, 0.3) is 0 Å². The lowest BCUT2D eigenvalue weighted by Crippen LogP contribution is -2.44. The number of hydrogen-bond donors (Lipinski definition) is 2. The molecule has 30 heavy (non-hydrogen) atoms. The van der Waals surface area contributed by atoms with E-state index in [-0.39, 0.29) is 23.6 Å². The Bertz CT molecular complexity index is 981. The number of nitrogens with zero attached hydrogens (tertiary/aromatic N) is 2. The predicted octanol–water partition coefficient (Wildman–Crippen LogP) is 3.31. The Labute approximate surface area is 179 Å². The van der Waals surface area contributed by atoms with Gasteiger partial charge in [0.05, 0.1) is 17.5 Å². The summed E-state index contributed by atoms with van der Waals surface area (Å²) in [5.74, 6) is 0.209. The van der Waals surface area contributed by atoms with Gasteiger partial charge in [-0.15, -0.1) is 11.8 Å². The minimum Gasteiger partial charge on any atom is -0.326 e. The van der Waals surface area contributed by atoms with Gasteiger partial charge in [0, 0.05) is 28.6 Å². The standard InChI is InChI=1S/C22H22N4O3S/c1-14(2)20(27)24-18-9-5-16(6-10-18)22(29)26-13-30-12-19(26)21(28)25-17-7-3-15(11-23)4-8-17/h3-10,14,19H,12-13H2,1-2H3,(H,24,27)(H,25,28). The molecular weight excluding hydrogens is 400 g/mol. The monoisotopic (exact) mass is 422 g/mol. The highest BCUT2D eigenvalue weighted by Gasteiger charge is 2.35. The average Bonchev–Trinajstić information content (AvgIpc) is 3.24. The van der Waals surface area contributed by atoms with E-state index in [9.17, 15) is 14.4 Å². The quantitative estimate of drug-likeness (QED) is 0.770. The summed E-state index contributed by atoms with van der Waals surface area (Å²) in [5.41, 5.74) is 2.16. The number of carbonyl (C=O) groups excluding carboxylic acids is 3. The molecule has 1 saturated heterocycles. The zero-order valence-electron chi connectivity index (χ0n) is 16.7. The molecule has 3 amide bonds. The lowest BCUT2D eigenvalue weighted by molar-refractivity contribution is -0.119. The van der Waals surface area contributed by atoms with E-state index >= 15 is 0 Å². The van der Waals surface area contributed by atoms with Crippen LogP contribution < -0.4 is 10.6 Å². The minimum atomic E-state index is -0.585. The van der Waals surface area contributed by atoms with Crippen molar-refractivity contribution in [1.82, 2.24) is 4.90 Å². The van der Waals surface area contributed by atoms with E-state index < -0.39 is 6.04 Å². The van der Waals surface area contributed by atoms with Crippen LogP contribution in [0.2, 0.25) is 0 Å². The summed E-state index contributed by atoms with van der Waals surface area (Å²) >= 11 is 1.52. The Morgan fingerprint density at radius 2 is 1.63 bits per heavy atom. The van der Waals surface area contributed by atoms with Crippen molar-refractivity contribution in [2.75, 3.05) is 22.3 Å². The maximum Gasteiger partial charge on any atom is 0.255 e. The first-order valence-corrected chi connectivity index (χ1v) is 10.6. The molecule has 7 nitrogen and oxygen atoms in total. The van der Waals surface area contributed by atoms with Crippen LogP contribution >= 0.6 is 11.8 Å². The minimum absolute atomic E-state index is 0.0930. The topological polar surface area (TPSA) is 102 Å². The third-order valence-electron chi connectivity index (χ3n) is 4.65. The van der Waals surface area contributed by atoms with Crippen molar-refractivity contribution in [2.24, 2.45) is 5.92 Å². The van der Waals surface area contributed by atoms with Crippen LogP contribution in [0.5, 0.6) is 0 Å². The second-order valence-corrected chi connectivity index (χ2v) is 8.19. The van der Waals surface area contributed by atoms with E-state index in [2.05, 4.69) is 10.6 Å². The first kappa shape index (κ1) is 21.4. The molecule has 0 radical (unpaired) electrons. The second-order valence-electron chi connectivity index (χ2n) is 7.19. The van der Waals surface area contributed by atoms with Crippen molar-refractivity contribution in [1.29, 1.82) is 5.26 Å². The number of benzene rings is 2. The molecule has 0 spiro atoms. The largest absolute Gasteiger partial charge is 0.326 e. The maximum absolute atomic E-state index is 12.9. The van der Waals surface area contributed by atoms with Gasteiger partial charge in [0.1, 0.15) is 6.04 Å². The third kappa shape index (κ3) is 4.99. The number of amides is 3. The van der Waals surface area contributed by atoms with Crippen molar-refractivity contribution >= 4 is 40.9 Å². The fraction of sp³-hybridized carbons (Fsp3) is 0.273. The second kappa shape index (κ2) is 9.46. The van der Waals surface area contributed by atoms with Crippen LogP contribution in [0.4, 0.5) is 11.4 Å². The molecule has 0 aliphatic carbocycles. The molecule has 1 heterocycles. The van der Waals surface area contributed by atoms with Gasteiger partial charge in [-0.25, -0.2) is 0 Å².